The normalized spacial score (nSPS) is 27.0. The van der Waals surface area contributed by atoms with Gasteiger partial charge in [-0.1, -0.05) is 19.6 Å². The number of hydrogen-bond donors (Lipinski definition) is 1. The molecule has 3 nitrogen and oxygen atoms in total. The monoisotopic (exact) mass is 246 g/mol. The molecule has 0 amide bonds. The minimum Gasteiger partial charge on any atom is -0.393 e. The Bertz CT molecular complexity index is 183. The SMILES string of the molecule is C[Si](C)(C)CCOCOC1CCC(O)CC1. The second-order valence-electron chi connectivity index (χ2n) is 5.93. The maximum Gasteiger partial charge on any atom is 0.147 e. The highest BCUT2D eigenvalue weighted by atomic mass is 28.3. The van der Waals surface area contributed by atoms with Crippen molar-refractivity contribution in [2.24, 2.45) is 0 Å². The van der Waals surface area contributed by atoms with Crippen LogP contribution in [0.4, 0.5) is 0 Å². The molecule has 1 rings (SSSR count). The molecule has 0 aromatic heterocycles. The van der Waals surface area contributed by atoms with Gasteiger partial charge in [-0.25, -0.2) is 0 Å². The second-order valence-corrected chi connectivity index (χ2v) is 11.6. The van der Waals surface area contributed by atoms with Gasteiger partial charge in [0, 0.05) is 14.7 Å². The predicted octanol–water partition coefficient (Wildman–Crippen LogP) is 2.62. The molecule has 16 heavy (non-hydrogen) atoms. The van der Waals surface area contributed by atoms with Gasteiger partial charge in [0.1, 0.15) is 6.79 Å². The Morgan fingerprint density at radius 2 is 1.75 bits per heavy atom. The van der Waals surface area contributed by atoms with E-state index in [1.807, 2.05) is 0 Å². The molecule has 0 radical (unpaired) electrons. The molecule has 1 N–H and O–H groups in total. The fraction of sp³-hybridized carbons (Fsp3) is 1.00. The summed E-state index contributed by atoms with van der Waals surface area (Å²) in [5.41, 5.74) is 0. The molecule has 0 saturated heterocycles. The summed E-state index contributed by atoms with van der Waals surface area (Å²) in [4.78, 5) is 0. The van der Waals surface area contributed by atoms with E-state index in [4.69, 9.17) is 9.47 Å². The van der Waals surface area contributed by atoms with Gasteiger partial charge < -0.3 is 14.6 Å². The number of aliphatic hydroxyl groups is 1. The molecule has 0 spiro atoms. The lowest BCUT2D eigenvalue weighted by Gasteiger charge is -2.25. The van der Waals surface area contributed by atoms with Gasteiger partial charge in [-0.15, -0.1) is 0 Å². The summed E-state index contributed by atoms with van der Waals surface area (Å²) in [5, 5.41) is 9.34. The Morgan fingerprint density at radius 1 is 1.12 bits per heavy atom. The first-order chi connectivity index (χ1) is 7.47. The van der Waals surface area contributed by atoms with Gasteiger partial charge in [-0.05, 0) is 31.7 Å². The summed E-state index contributed by atoms with van der Waals surface area (Å²) < 4.78 is 11.1. The highest BCUT2D eigenvalue weighted by Crippen LogP contribution is 2.20. The van der Waals surface area contributed by atoms with Gasteiger partial charge in [0.2, 0.25) is 0 Å². The quantitative estimate of drug-likeness (QED) is 0.445. The second kappa shape index (κ2) is 6.74. The molecular weight excluding hydrogens is 220 g/mol. The molecule has 0 aromatic rings. The highest BCUT2D eigenvalue weighted by molar-refractivity contribution is 6.76. The van der Waals surface area contributed by atoms with Crippen molar-refractivity contribution in [3.8, 4) is 0 Å². The summed E-state index contributed by atoms with van der Waals surface area (Å²) in [6.45, 7) is 8.29. The minimum absolute atomic E-state index is 0.104. The Balaban J connectivity index is 1.95. The van der Waals surface area contributed by atoms with E-state index < -0.39 is 8.07 Å². The van der Waals surface area contributed by atoms with Gasteiger partial charge in [0.15, 0.2) is 0 Å². The molecule has 0 heterocycles. The summed E-state index contributed by atoms with van der Waals surface area (Å²) in [6.07, 6.45) is 3.89. The van der Waals surface area contributed by atoms with E-state index >= 15 is 0 Å². The average molecular weight is 246 g/mol. The van der Waals surface area contributed by atoms with E-state index in [1.165, 1.54) is 6.04 Å². The molecule has 0 atom stereocenters. The van der Waals surface area contributed by atoms with Gasteiger partial charge >= 0.3 is 0 Å². The van der Waals surface area contributed by atoms with Crippen LogP contribution in [-0.4, -0.2) is 38.8 Å². The summed E-state index contributed by atoms with van der Waals surface area (Å²) in [5.74, 6) is 0. The third kappa shape index (κ3) is 6.63. The maximum atomic E-state index is 9.34. The lowest BCUT2D eigenvalue weighted by molar-refractivity contribution is -0.103. The van der Waals surface area contributed by atoms with Crippen LogP contribution in [0.25, 0.3) is 0 Å². The van der Waals surface area contributed by atoms with Crippen molar-refractivity contribution in [1.29, 1.82) is 0 Å². The molecule has 0 aromatic carbocycles. The Labute approximate surface area is 100 Å². The van der Waals surface area contributed by atoms with Crippen molar-refractivity contribution in [1.82, 2.24) is 0 Å². The third-order valence-electron chi connectivity index (χ3n) is 3.03. The standard InChI is InChI=1S/C12H26O3Si/c1-16(2,3)9-8-14-10-15-12-6-4-11(13)5-7-12/h11-13H,4-10H2,1-3H3. The predicted molar refractivity (Wildman–Crippen MR) is 68.3 cm³/mol. The zero-order valence-electron chi connectivity index (χ0n) is 10.9. The van der Waals surface area contributed by atoms with Crippen molar-refractivity contribution >= 4 is 8.07 Å². The number of aliphatic hydroxyl groups excluding tert-OH is 1. The van der Waals surface area contributed by atoms with Crippen LogP contribution in [0.1, 0.15) is 25.7 Å². The van der Waals surface area contributed by atoms with Crippen molar-refractivity contribution < 1.29 is 14.6 Å². The van der Waals surface area contributed by atoms with Crippen LogP contribution in [-0.2, 0) is 9.47 Å². The molecular formula is C12H26O3Si. The van der Waals surface area contributed by atoms with Crippen molar-refractivity contribution in [2.45, 2.75) is 63.6 Å². The van der Waals surface area contributed by atoms with Crippen LogP contribution in [0.3, 0.4) is 0 Å². The van der Waals surface area contributed by atoms with E-state index in [0.717, 1.165) is 32.3 Å². The smallest absolute Gasteiger partial charge is 0.147 e. The van der Waals surface area contributed by atoms with E-state index in [-0.39, 0.29) is 6.10 Å². The molecule has 0 unspecified atom stereocenters. The van der Waals surface area contributed by atoms with Gasteiger partial charge in [0.05, 0.1) is 12.2 Å². The summed E-state index contributed by atoms with van der Waals surface area (Å²) >= 11 is 0. The maximum absolute atomic E-state index is 9.34. The summed E-state index contributed by atoms with van der Waals surface area (Å²) in [6, 6.07) is 1.19. The van der Waals surface area contributed by atoms with E-state index in [1.54, 1.807) is 0 Å². The van der Waals surface area contributed by atoms with E-state index in [2.05, 4.69) is 19.6 Å². The largest absolute Gasteiger partial charge is 0.393 e. The Morgan fingerprint density at radius 3 is 2.31 bits per heavy atom. The van der Waals surface area contributed by atoms with Crippen LogP contribution >= 0.6 is 0 Å². The molecule has 1 aliphatic carbocycles. The average Bonchev–Trinajstić information content (AvgIpc) is 2.19. The topological polar surface area (TPSA) is 38.7 Å². The van der Waals surface area contributed by atoms with E-state index in [9.17, 15) is 5.11 Å². The summed E-state index contributed by atoms with van der Waals surface area (Å²) in [7, 11) is -0.969. The first-order valence-corrected chi connectivity index (χ1v) is 10.1. The Hall–Kier alpha value is 0.0969. The first-order valence-electron chi connectivity index (χ1n) is 6.35. The highest BCUT2D eigenvalue weighted by Gasteiger charge is 2.19. The third-order valence-corrected chi connectivity index (χ3v) is 4.73. The van der Waals surface area contributed by atoms with Crippen LogP contribution in [0, 0.1) is 0 Å². The van der Waals surface area contributed by atoms with Crippen molar-refractivity contribution in [2.75, 3.05) is 13.4 Å². The van der Waals surface area contributed by atoms with Gasteiger partial charge in [0.25, 0.3) is 0 Å². The van der Waals surface area contributed by atoms with Gasteiger partial charge in [-0.2, -0.15) is 0 Å². The lowest BCUT2D eigenvalue weighted by atomic mass is 9.95. The lowest BCUT2D eigenvalue weighted by Crippen LogP contribution is -2.26. The molecule has 4 heteroatoms. The molecule has 1 aliphatic rings. The first kappa shape index (κ1) is 14.2. The molecule has 1 saturated carbocycles. The number of ether oxygens (including phenoxy) is 2. The van der Waals surface area contributed by atoms with Gasteiger partial charge in [-0.3, -0.25) is 0 Å². The fourth-order valence-electron chi connectivity index (χ4n) is 1.79. The zero-order chi connectivity index (χ0) is 12.0. The van der Waals surface area contributed by atoms with Crippen molar-refractivity contribution in [3.05, 3.63) is 0 Å². The molecule has 0 bridgehead atoms. The van der Waals surface area contributed by atoms with E-state index in [0.29, 0.717) is 12.9 Å². The molecule has 0 aliphatic heterocycles. The van der Waals surface area contributed by atoms with Crippen molar-refractivity contribution in [3.63, 3.8) is 0 Å². The zero-order valence-corrected chi connectivity index (χ0v) is 11.9. The van der Waals surface area contributed by atoms with Crippen LogP contribution in [0.2, 0.25) is 25.7 Å². The minimum atomic E-state index is -0.969. The Kier molecular flexibility index (Phi) is 5.96. The van der Waals surface area contributed by atoms with Crippen LogP contribution < -0.4 is 0 Å². The number of hydrogen-bond acceptors (Lipinski definition) is 3. The van der Waals surface area contributed by atoms with Crippen LogP contribution in [0.5, 0.6) is 0 Å². The molecule has 96 valence electrons. The fourth-order valence-corrected chi connectivity index (χ4v) is 2.55. The van der Waals surface area contributed by atoms with Crippen LogP contribution in [0.15, 0.2) is 0 Å². The molecule has 1 fully saturated rings. The number of rotatable bonds is 6.